The smallest absolute Gasteiger partial charge is 0.287 e. The Morgan fingerprint density at radius 1 is 1.27 bits per heavy atom. The number of hydrogen-bond donors (Lipinski definition) is 1. The summed E-state index contributed by atoms with van der Waals surface area (Å²) in [6.07, 6.45) is 1.14. The van der Waals surface area contributed by atoms with Gasteiger partial charge in [0.2, 0.25) is 0 Å². The molecule has 1 saturated heterocycles. The molecule has 140 valence electrons. The van der Waals surface area contributed by atoms with Gasteiger partial charge < -0.3 is 19.2 Å². The first-order chi connectivity index (χ1) is 12.5. The van der Waals surface area contributed by atoms with Gasteiger partial charge in [-0.2, -0.15) is 0 Å². The molecule has 2 aromatic rings. The Morgan fingerprint density at radius 2 is 2.04 bits per heavy atom. The number of ether oxygens (including phenoxy) is 2. The average molecular weight is 361 g/mol. The summed E-state index contributed by atoms with van der Waals surface area (Å²) in [4.78, 5) is 12.3. The second-order valence-corrected chi connectivity index (χ2v) is 6.85. The molecule has 1 N–H and O–H groups in total. The first kappa shape index (κ1) is 18.5. The van der Waals surface area contributed by atoms with E-state index < -0.39 is 0 Å². The van der Waals surface area contributed by atoms with Crippen LogP contribution in [0.25, 0.3) is 0 Å². The maximum absolute atomic E-state index is 12.9. The number of amides is 1. The lowest BCUT2D eigenvalue weighted by atomic mass is 9.93. The summed E-state index contributed by atoms with van der Waals surface area (Å²) >= 11 is 0. The van der Waals surface area contributed by atoms with E-state index in [-0.39, 0.29) is 30.2 Å². The lowest BCUT2D eigenvalue weighted by Gasteiger charge is -2.21. The van der Waals surface area contributed by atoms with Crippen molar-refractivity contribution in [3.63, 3.8) is 0 Å². The second kappa shape index (κ2) is 8.36. The van der Waals surface area contributed by atoms with Crippen LogP contribution in [0.15, 0.2) is 40.8 Å². The van der Waals surface area contributed by atoms with Gasteiger partial charge in [-0.15, -0.1) is 0 Å². The Morgan fingerprint density at radius 3 is 2.77 bits per heavy atom. The quantitative estimate of drug-likeness (QED) is 0.815. The number of benzene rings is 1. The zero-order valence-corrected chi connectivity index (χ0v) is 15.0. The molecular weight excluding hydrogens is 337 g/mol. The standard InChI is InChI=1S/C20H24FNO4/c1-13(2)19-14(9-10-24-19)11-22-20(23)18-8-7-17(26-18)12-25-16-5-3-15(21)4-6-16/h3-8,13-14,19H,9-12H2,1-2H3,(H,22,23)/t14-,19-/m0/s1. The maximum Gasteiger partial charge on any atom is 0.287 e. The molecule has 3 rings (SSSR count). The first-order valence-electron chi connectivity index (χ1n) is 8.90. The zero-order chi connectivity index (χ0) is 18.5. The highest BCUT2D eigenvalue weighted by molar-refractivity contribution is 5.91. The molecule has 0 aliphatic carbocycles. The van der Waals surface area contributed by atoms with Crippen LogP contribution in [0.4, 0.5) is 4.39 Å². The van der Waals surface area contributed by atoms with E-state index in [9.17, 15) is 9.18 Å². The van der Waals surface area contributed by atoms with E-state index in [2.05, 4.69) is 19.2 Å². The van der Waals surface area contributed by atoms with Crippen LogP contribution in [0, 0.1) is 17.7 Å². The number of carbonyl (C=O) groups is 1. The molecule has 1 aromatic carbocycles. The minimum Gasteiger partial charge on any atom is -0.486 e. The summed E-state index contributed by atoms with van der Waals surface area (Å²) in [6.45, 7) is 5.75. The van der Waals surface area contributed by atoms with Crippen molar-refractivity contribution >= 4 is 5.91 Å². The van der Waals surface area contributed by atoms with Gasteiger partial charge in [-0.1, -0.05) is 13.8 Å². The number of hydrogen-bond acceptors (Lipinski definition) is 4. The number of halogens is 1. The zero-order valence-electron chi connectivity index (χ0n) is 15.0. The van der Waals surface area contributed by atoms with E-state index in [1.807, 2.05) is 0 Å². The molecule has 1 aromatic heterocycles. The van der Waals surface area contributed by atoms with E-state index in [0.717, 1.165) is 13.0 Å². The minimum atomic E-state index is -0.318. The molecule has 1 amide bonds. The van der Waals surface area contributed by atoms with Crippen molar-refractivity contribution in [2.24, 2.45) is 11.8 Å². The molecule has 1 fully saturated rings. The van der Waals surface area contributed by atoms with Gasteiger partial charge in [0.15, 0.2) is 5.76 Å². The molecule has 5 nitrogen and oxygen atoms in total. The van der Waals surface area contributed by atoms with Crippen LogP contribution in [0.5, 0.6) is 5.75 Å². The van der Waals surface area contributed by atoms with E-state index >= 15 is 0 Å². The van der Waals surface area contributed by atoms with Gasteiger partial charge in [0, 0.05) is 19.1 Å². The van der Waals surface area contributed by atoms with Gasteiger partial charge >= 0.3 is 0 Å². The monoisotopic (exact) mass is 361 g/mol. The predicted molar refractivity (Wildman–Crippen MR) is 94.5 cm³/mol. The van der Waals surface area contributed by atoms with Gasteiger partial charge in [0.25, 0.3) is 5.91 Å². The van der Waals surface area contributed by atoms with Crippen molar-refractivity contribution in [3.8, 4) is 5.75 Å². The first-order valence-corrected chi connectivity index (χ1v) is 8.90. The van der Waals surface area contributed by atoms with E-state index in [1.165, 1.54) is 12.1 Å². The third-order valence-electron chi connectivity index (χ3n) is 4.53. The summed E-state index contributed by atoms with van der Waals surface area (Å²) in [7, 11) is 0. The van der Waals surface area contributed by atoms with E-state index in [4.69, 9.17) is 13.9 Å². The largest absolute Gasteiger partial charge is 0.486 e. The summed E-state index contributed by atoms with van der Waals surface area (Å²) in [5.74, 6) is 1.52. The fourth-order valence-electron chi connectivity index (χ4n) is 3.18. The SMILES string of the molecule is CC(C)[C@@H]1OCC[C@H]1CNC(=O)c1ccc(COc2ccc(F)cc2)o1. The highest BCUT2D eigenvalue weighted by atomic mass is 19.1. The molecule has 6 heteroatoms. The normalized spacial score (nSPS) is 19.7. The van der Waals surface area contributed by atoms with Crippen LogP contribution < -0.4 is 10.1 Å². The molecule has 1 aliphatic rings. The fourth-order valence-corrected chi connectivity index (χ4v) is 3.18. The number of furan rings is 1. The molecule has 0 spiro atoms. The van der Waals surface area contributed by atoms with Crippen molar-refractivity contribution in [1.82, 2.24) is 5.32 Å². The Balaban J connectivity index is 1.49. The van der Waals surface area contributed by atoms with Crippen LogP contribution in [0.1, 0.15) is 36.6 Å². The topological polar surface area (TPSA) is 60.7 Å². The lowest BCUT2D eigenvalue weighted by molar-refractivity contribution is 0.0531. The van der Waals surface area contributed by atoms with Crippen LogP contribution in [-0.4, -0.2) is 25.2 Å². The minimum absolute atomic E-state index is 0.171. The summed E-state index contributed by atoms with van der Waals surface area (Å²) in [5.41, 5.74) is 0. The van der Waals surface area contributed by atoms with Gasteiger partial charge in [-0.3, -0.25) is 4.79 Å². The molecule has 2 atom stereocenters. The van der Waals surface area contributed by atoms with Crippen molar-refractivity contribution < 1.29 is 23.1 Å². The molecule has 0 unspecified atom stereocenters. The number of rotatable bonds is 7. The maximum atomic E-state index is 12.9. The van der Waals surface area contributed by atoms with Crippen molar-refractivity contribution in [3.05, 3.63) is 53.7 Å². The second-order valence-electron chi connectivity index (χ2n) is 6.85. The van der Waals surface area contributed by atoms with Crippen LogP contribution in [-0.2, 0) is 11.3 Å². The van der Waals surface area contributed by atoms with Crippen molar-refractivity contribution in [2.75, 3.05) is 13.2 Å². The van der Waals surface area contributed by atoms with Gasteiger partial charge in [-0.25, -0.2) is 4.39 Å². The Bertz CT molecular complexity index is 726. The van der Waals surface area contributed by atoms with Crippen LogP contribution >= 0.6 is 0 Å². The van der Waals surface area contributed by atoms with Gasteiger partial charge in [0.1, 0.15) is 23.9 Å². The Labute approximate surface area is 152 Å². The Hall–Kier alpha value is -2.34. The third kappa shape index (κ3) is 4.64. The van der Waals surface area contributed by atoms with Gasteiger partial charge in [-0.05, 0) is 48.7 Å². The molecule has 0 bridgehead atoms. The van der Waals surface area contributed by atoms with Crippen molar-refractivity contribution in [2.45, 2.75) is 33.0 Å². The highest BCUT2D eigenvalue weighted by Gasteiger charge is 2.31. The summed E-state index contributed by atoms with van der Waals surface area (Å²) in [5, 5.41) is 2.92. The van der Waals surface area contributed by atoms with Crippen LogP contribution in [0.3, 0.4) is 0 Å². The molecule has 26 heavy (non-hydrogen) atoms. The molecule has 0 radical (unpaired) electrons. The molecular formula is C20H24FNO4. The van der Waals surface area contributed by atoms with E-state index in [1.54, 1.807) is 24.3 Å². The van der Waals surface area contributed by atoms with Gasteiger partial charge in [0.05, 0.1) is 6.10 Å². The lowest BCUT2D eigenvalue weighted by Crippen LogP contribution is -2.34. The molecule has 1 aliphatic heterocycles. The highest BCUT2D eigenvalue weighted by Crippen LogP contribution is 2.26. The summed E-state index contributed by atoms with van der Waals surface area (Å²) < 4.78 is 29.7. The Kier molecular flexibility index (Phi) is 5.93. The van der Waals surface area contributed by atoms with Crippen molar-refractivity contribution in [1.29, 1.82) is 0 Å². The van der Waals surface area contributed by atoms with Crippen LogP contribution in [0.2, 0.25) is 0 Å². The summed E-state index contributed by atoms with van der Waals surface area (Å²) in [6, 6.07) is 9.07. The predicted octanol–water partition coefficient (Wildman–Crippen LogP) is 3.79. The molecule has 2 heterocycles. The molecule has 0 saturated carbocycles. The number of nitrogens with one attached hydrogen (secondary N) is 1. The van der Waals surface area contributed by atoms with E-state index in [0.29, 0.717) is 29.9 Å². The number of carbonyl (C=O) groups excluding carboxylic acids is 1. The fraction of sp³-hybridized carbons (Fsp3) is 0.450. The average Bonchev–Trinajstić information content (AvgIpc) is 3.28. The third-order valence-corrected chi connectivity index (χ3v) is 4.53.